The summed E-state index contributed by atoms with van der Waals surface area (Å²) in [7, 11) is 0. The molecule has 0 aromatic carbocycles. The Morgan fingerprint density at radius 2 is 1.15 bits per heavy atom. The zero-order valence-electron chi connectivity index (χ0n) is 17.5. The Kier molecular flexibility index (Phi) is 12.0. The fourth-order valence-corrected chi connectivity index (χ4v) is 2.34. The molecule has 4 amide bonds. The highest BCUT2D eigenvalue weighted by Gasteiger charge is 2.33. The van der Waals surface area contributed by atoms with Crippen molar-refractivity contribution in [3.8, 4) is 0 Å². The molecule has 0 spiro atoms. The third-order valence-electron chi connectivity index (χ3n) is 4.14. The number of carbonyl (C=O) groups excluding carboxylic acids is 4. The Morgan fingerprint density at radius 1 is 0.758 bits per heavy atom. The van der Waals surface area contributed by atoms with Crippen molar-refractivity contribution in [2.75, 3.05) is 0 Å². The molecule has 186 valence electrons. The van der Waals surface area contributed by atoms with Gasteiger partial charge in [-0.05, 0) is 13.3 Å². The number of carboxylic acids is 3. The molecule has 16 nitrogen and oxygen atoms in total. The monoisotopic (exact) mass is 477 g/mol. The van der Waals surface area contributed by atoms with Crippen LogP contribution >= 0.6 is 0 Å². The Hall–Kier alpha value is -3.79. The van der Waals surface area contributed by atoms with E-state index in [-0.39, 0.29) is 0 Å². The average molecular weight is 477 g/mol. The SMILES string of the molecule is CC(O)C(N)C(=O)NC(CC(=O)O)C(=O)NC(CC(=O)O)C(=O)NC(CCC(N)=O)C(=O)O. The number of carbonyl (C=O) groups is 7. The second-order valence-electron chi connectivity index (χ2n) is 6.99. The first-order chi connectivity index (χ1) is 15.1. The standard InChI is InChI=1S/C17H27N5O11/c1-6(23)13(19)16(31)22-9(5-12(27)28)15(30)21-8(4-11(25)26)14(29)20-7(17(32)33)2-3-10(18)24/h6-9,13,23H,2-5,19H2,1H3,(H2,18,24)(H,20,29)(H,21,30)(H,22,31)(H,25,26)(H,27,28)(H,32,33). The first-order valence-corrected chi connectivity index (χ1v) is 9.45. The van der Waals surface area contributed by atoms with E-state index in [0.717, 1.165) is 0 Å². The van der Waals surface area contributed by atoms with Crippen LogP contribution in [-0.2, 0) is 33.6 Å². The molecular formula is C17H27N5O11. The highest BCUT2D eigenvalue weighted by atomic mass is 16.4. The summed E-state index contributed by atoms with van der Waals surface area (Å²) in [5.41, 5.74) is 10.3. The van der Waals surface area contributed by atoms with Crippen LogP contribution in [0.25, 0.3) is 0 Å². The van der Waals surface area contributed by atoms with Crippen molar-refractivity contribution in [1.29, 1.82) is 0 Å². The Bertz CT molecular complexity index is 785. The maximum atomic E-state index is 12.5. The van der Waals surface area contributed by atoms with Crippen molar-refractivity contribution < 1.29 is 54.0 Å². The molecule has 11 N–H and O–H groups in total. The topological polar surface area (TPSA) is 289 Å². The number of amides is 4. The van der Waals surface area contributed by atoms with Gasteiger partial charge < -0.3 is 47.8 Å². The van der Waals surface area contributed by atoms with Crippen LogP contribution in [0.15, 0.2) is 0 Å². The summed E-state index contributed by atoms with van der Waals surface area (Å²) in [6.45, 7) is 1.17. The molecule has 5 unspecified atom stereocenters. The van der Waals surface area contributed by atoms with Crippen molar-refractivity contribution in [1.82, 2.24) is 16.0 Å². The van der Waals surface area contributed by atoms with Gasteiger partial charge in [-0.25, -0.2) is 4.79 Å². The molecule has 0 aromatic heterocycles. The normalized spacial score (nSPS) is 15.1. The van der Waals surface area contributed by atoms with Gasteiger partial charge in [-0.1, -0.05) is 0 Å². The van der Waals surface area contributed by atoms with E-state index in [1.165, 1.54) is 6.92 Å². The number of hydrogen-bond acceptors (Lipinski definition) is 9. The lowest BCUT2D eigenvalue weighted by Gasteiger charge is -2.24. The molecule has 0 radical (unpaired) electrons. The minimum Gasteiger partial charge on any atom is -0.481 e. The van der Waals surface area contributed by atoms with Gasteiger partial charge in [0.25, 0.3) is 0 Å². The van der Waals surface area contributed by atoms with Gasteiger partial charge >= 0.3 is 17.9 Å². The fraction of sp³-hybridized carbons (Fsp3) is 0.588. The van der Waals surface area contributed by atoms with Gasteiger partial charge in [0, 0.05) is 6.42 Å². The zero-order valence-corrected chi connectivity index (χ0v) is 17.5. The predicted molar refractivity (Wildman–Crippen MR) is 106 cm³/mol. The summed E-state index contributed by atoms with van der Waals surface area (Å²) >= 11 is 0. The maximum Gasteiger partial charge on any atom is 0.326 e. The van der Waals surface area contributed by atoms with Gasteiger partial charge in [-0.2, -0.15) is 0 Å². The van der Waals surface area contributed by atoms with E-state index < -0.39 is 97.5 Å². The molecule has 0 aliphatic carbocycles. The predicted octanol–water partition coefficient (Wildman–Crippen LogP) is -4.55. The molecule has 0 aliphatic heterocycles. The Balaban J connectivity index is 5.56. The molecule has 0 bridgehead atoms. The average Bonchev–Trinajstić information content (AvgIpc) is 2.67. The smallest absolute Gasteiger partial charge is 0.326 e. The van der Waals surface area contributed by atoms with E-state index in [0.29, 0.717) is 0 Å². The van der Waals surface area contributed by atoms with Gasteiger partial charge in [0.2, 0.25) is 23.6 Å². The molecule has 0 aromatic rings. The van der Waals surface area contributed by atoms with Crippen LogP contribution < -0.4 is 27.4 Å². The van der Waals surface area contributed by atoms with Crippen LogP contribution in [-0.4, -0.2) is 92.2 Å². The van der Waals surface area contributed by atoms with Crippen LogP contribution in [0.2, 0.25) is 0 Å². The molecular weight excluding hydrogens is 450 g/mol. The van der Waals surface area contributed by atoms with Crippen molar-refractivity contribution in [2.24, 2.45) is 11.5 Å². The summed E-state index contributed by atoms with van der Waals surface area (Å²) in [5, 5.41) is 42.4. The van der Waals surface area contributed by atoms with E-state index in [1.807, 2.05) is 16.0 Å². The van der Waals surface area contributed by atoms with Crippen molar-refractivity contribution in [3.63, 3.8) is 0 Å². The second-order valence-corrected chi connectivity index (χ2v) is 6.99. The number of nitrogens with two attached hydrogens (primary N) is 2. The lowest BCUT2D eigenvalue weighted by molar-refractivity contribution is -0.145. The van der Waals surface area contributed by atoms with Crippen molar-refractivity contribution in [3.05, 3.63) is 0 Å². The number of aliphatic carboxylic acids is 3. The molecule has 0 fully saturated rings. The van der Waals surface area contributed by atoms with Crippen LogP contribution in [0.1, 0.15) is 32.6 Å². The first-order valence-electron chi connectivity index (χ1n) is 9.45. The van der Waals surface area contributed by atoms with E-state index in [9.17, 15) is 38.7 Å². The van der Waals surface area contributed by atoms with Gasteiger partial charge in [-0.15, -0.1) is 0 Å². The number of aliphatic hydroxyl groups is 1. The highest BCUT2D eigenvalue weighted by molar-refractivity contribution is 5.97. The summed E-state index contributed by atoms with van der Waals surface area (Å²) in [6, 6.07) is -6.84. The number of primary amides is 1. The molecule has 33 heavy (non-hydrogen) atoms. The minimum absolute atomic E-state index is 0.413. The third kappa shape index (κ3) is 11.4. The molecule has 0 heterocycles. The fourth-order valence-electron chi connectivity index (χ4n) is 2.34. The van der Waals surface area contributed by atoms with E-state index in [4.69, 9.17) is 26.8 Å². The first kappa shape index (κ1) is 29.2. The van der Waals surface area contributed by atoms with E-state index >= 15 is 0 Å². The summed E-state index contributed by atoms with van der Waals surface area (Å²) < 4.78 is 0. The van der Waals surface area contributed by atoms with Crippen LogP contribution in [0.4, 0.5) is 0 Å². The minimum atomic E-state index is -1.87. The Labute approximate surface area is 186 Å². The van der Waals surface area contributed by atoms with Gasteiger partial charge in [0.15, 0.2) is 0 Å². The van der Waals surface area contributed by atoms with Crippen LogP contribution in [0, 0.1) is 0 Å². The van der Waals surface area contributed by atoms with Crippen LogP contribution in [0.3, 0.4) is 0 Å². The number of hydrogen-bond donors (Lipinski definition) is 9. The van der Waals surface area contributed by atoms with E-state index in [2.05, 4.69) is 0 Å². The summed E-state index contributed by atoms with van der Waals surface area (Å²) in [4.78, 5) is 81.2. The largest absolute Gasteiger partial charge is 0.481 e. The lowest BCUT2D eigenvalue weighted by atomic mass is 10.1. The molecule has 0 saturated carbocycles. The zero-order chi connectivity index (χ0) is 25.9. The summed E-state index contributed by atoms with van der Waals surface area (Å²) in [6.07, 6.45) is -4.19. The van der Waals surface area contributed by atoms with Crippen molar-refractivity contribution in [2.45, 2.75) is 62.9 Å². The van der Waals surface area contributed by atoms with Crippen molar-refractivity contribution >= 4 is 41.5 Å². The molecule has 0 saturated heterocycles. The van der Waals surface area contributed by atoms with Gasteiger partial charge in [0.05, 0.1) is 18.9 Å². The number of aliphatic hydroxyl groups excluding tert-OH is 1. The quantitative estimate of drug-likeness (QED) is 0.108. The Morgan fingerprint density at radius 3 is 1.48 bits per heavy atom. The molecule has 16 heteroatoms. The molecule has 0 rings (SSSR count). The number of carboxylic acid groups (broad SMARTS) is 3. The maximum absolute atomic E-state index is 12.5. The summed E-state index contributed by atoms with van der Waals surface area (Å²) in [5.74, 6) is -9.17. The number of rotatable bonds is 15. The van der Waals surface area contributed by atoms with E-state index in [1.54, 1.807) is 0 Å². The molecule has 5 atom stereocenters. The lowest BCUT2D eigenvalue weighted by Crippen LogP contribution is -2.58. The second kappa shape index (κ2) is 13.6. The number of nitrogens with one attached hydrogen (secondary N) is 3. The van der Waals surface area contributed by atoms with Gasteiger partial charge in [-0.3, -0.25) is 28.8 Å². The van der Waals surface area contributed by atoms with Crippen LogP contribution in [0.5, 0.6) is 0 Å². The van der Waals surface area contributed by atoms with Gasteiger partial charge in [0.1, 0.15) is 24.2 Å². The highest BCUT2D eigenvalue weighted by Crippen LogP contribution is 2.03. The molecule has 0 aliphatic rings. The third-order valence-corrected chi connectivity index (χ3v) is 4.14.